The molecule has 11 heteroatoms. The zero-order chi connectivity index (χ0) is 26.5. The van der Waals surface area contributed by atoms with Gasteiger partial charge < -0.3 is 20.9 Å². The predicted molar refractivity (Wildman–Crippen MR) is 134 cm³/mol. The van der Waals surface area contributed by atoms with Crippen LogP contribution in [0, 0.1) is 0 Å². The van der Waals surface area contributed by atoms with Crippen LogP contribution in [0.5, 0.6) is 0 Å². The molecule has 0 aliphatic heterocycles. The molecule has 36 heavy (non-hydrogen) atoms. The minimum absolute atomic E-state index is 0.0382. The Bertz CT molecular complexity index is 1080. The fourth-order valence-corrected chi connectivity index (χ4v) is 4.59. The smallest absolute Gasteiger partial charge is 0.350 e. The largest absolute Gasteiger partial charge is 0.416 e. The molecule has 1 fully saturated rings. The van der Waals surface area contributed by atoms with Crippen LogP contribution in [-0.4, -0.2) is 55.5 Å². The molecule has 196 valence electrons. The predicted octanol–water partition coefficient (Wildman–Crippen LogP) is 4.50. The van der Waals surface area contributed by atoms with Crippen molar-refractivity contribution in [2.75, 3.05) is 20.6 Å². The van der Waals surface area contributed by atoms with Crippen molar-refractivity contribution in [3.05, 3.63) is 69.2 Å². The molecule has 1 saturated carbocycles. The van der Waals surface area contributed by atoms with Gasteiger partial charge in [-0.2, -0.15) is 13.2 Å². The number of carbonyl (C=O) groups is 2. The topological polar surface area (TPSA) is 73.5 Å². The van der Waals surface area contributed by atoms with E-state index >= 15 is 0 Å². The van der Waals surface area contributed by atoms with Crippen LogP contribution in [0.25, 0.3) is 0 Å². The molecular weight excluding hydrogens is 516 g/mol. The van der Waals surface area contributed by atoms with Crippen molar-refractivity contribution in [1.29, 1.82) is 0 Å². The highest BCUT2D eigenvalue weighted by molar-refractivity contribution is 6.42. The first-order chi connectivity index (χ1) is 16.9. The zero-order valence-electron chi connectivity index (χ0n) is 20.0. The van der Waals surface area contributed by atoms with Crippen molar-refractivity contribution in [1.82, 2.24) is 20.9 Å². The van der Waals surface area contributed by atoms with Crippen molar-refractivity contribution >= 4 is 35.0 Å². The lowest BCUT2D eigenvalue weighted by molar-refractivity contribution is -0.137. The van der Waals surface area contributed by atoms with Gasteiger partial charge in [-0.25, -0.2) is 0 Å². The van der Waals surface area contributed by atoms with Crippen molar-refractivity contribution in [3.8, 4) is 0 Å². The van der Waals surface area contributed by atoms with E-state index in [1.165, 1.54) is 6.07 Å². The number of hydrogen-bond donors (Lipinski definition) is 3. The number of amides is 2. The highest BCUT2D eigenvalue weighted by Gasteiger charge is 2.33. The number of nitrogens with one attached hydrogen (secondary N) is 3. The van der Waals surface area contributed by atoms with E-state index in [2.05, 4.69) is 20.9 Å². The van der Waals surface area contributed by atoms with E-state index in [0.717, 1.165) is 43.0 Å². The third-order valence-electron chi connectivity index (χ3n) is 6.31. The molecule has 2 aromatic rings. The molecule has 2 aromatic carbocycles. The highest BCUT2D eigenvalue weighted by Crippen LogP contribution is 2.29. The molecule has 2 amide bonds. The number of hydrogen-bond acceptors (Lipinski definition) is 4. The van der Waals surface area contributed by atoms with Crippen LogP contribution in [0.1, 0.15) is 40.7 Å². The third-order valence-corrected chi connectivity index (χ3v) is 7.05. The number of nitrogens with zero attached hydrogens (tertiary/aromatic N) is 1. The Morgan fingerprint density at radius 3 is 2.44 bits per heavy atom. The van der Waals surface area contributed by atoms with Crippen LogP contribution >= 0.6 is 23.2 Å². The SMILES string of the molecule is CN(C)C1CCC(NC(=O)CNC(=O)c2cccc(C(F)(F)F)c2)C(NCc2ccc(Cl)c(Cl)c2)C1. The average Bonchev–Trinajstić information content (AvgIpc) is 2.83. The Balaban J connectivity index is 1.58. The number of benzene rings is 2. The van der Waals surface area contributed by atoms with Crippen LogP contribution < -0.4 is 16.0 Å². The molecule has 0 heterocycles. The molecule has 1 aliphatic carbocycles. The maximum Gasteiger partial charge on any atom is 0.416 e. The molecule has 0 aromatic heterocycles. The lowest BCUT2D eigenvalue weighted by Crippen LogP contribution is -2.56. The van der Waals surface area contributed by atoms with E-state index in [-0.39, 0.29) is 24.2 Å². The van der Waals surface area contributed by atoms with Gasteiger partial charge in [-0.3, -0.25) is 9.59 Å². The number of alkyl halides is 3. The van der Waals surface area contributed by atoms with E-state index in [0.29, 0.717) is 22.6 Å². The molecule has 0 bridgehead atoms. The summed E-state index contributed by atoms with van der Waals surface area (Å²) in [6.07, 6.45) is -2.14. The summed E-state index contributed by atoms with van der Waals surface area (Å²) >= 11 is 12.1. The third kappa shape index (κ3) is 7.83. The first-order valence-electron chi connectivity index (χ1n) is 11.5. The van der Waals surface area contributed by atoms with Crippen LogP contribution in [0.3, 0.4) is 0 Å². The summed E-state index contributed by atoms with van der Waals surface area (Å²) < 4.78 is 38.7. The Morgan fingerprint density at radius 2 is 1.78 bits per heavy atom. The van der Waals surface area contributed by atoms with Gasteiger partial charge in [0.2, 0.25) is 5.91 Å². The van der Waals surface area contributed by atoms with Gasteiger partial charge in [-0.15, -0.1) is 0 Å². The first kappa shape index (κ1) is 28.2. The van der Waals surface area contributed by atoms with E-state index in [1.54, 1.807) is 12.1 Å². The molecule has 3 unspecified atom stereocenters. The van der Waals surface area contributed by atoms with Crippen molar-refractivity contribution < 1.29 is 22.8 Å². The Morgan fingerprint density at radius 1 is 1.03 bits per heavy atom. The zero-order valence-corrected chi connectivity index (χ0v) is 21.5. The summed E-state index contributed by atoms with van der Waals surface area (Å²) in [7, 11) is 4.03. The number of carbonyl (C=O) groups excluding carboxylic acids is 2. The molecule has 6 nitrogen and oxygen atoms in total. The normalized spacial score (nSPS) is 20.3. The molecule has 3 N–H and O–H groups in total. The van der Waals surface area contributed by atoms with Gasteiger partial charge in [-0.1, -0.05) is 35.3 Å². The van der Waals surface area contributed by atoms with Crippen molar-refractivity contribution in [3.63, 3.8) is 0 Å². The van der Waals surface area contributed by atoms with Crippen LogP contribution in [0.15, 0.2) is 42.5 Å². The summed E-state index contributed by atoms with van der Waals surface area (Å²) in [5.41, 5.74) is -0.131. The fraction of sp³-hybridized carbons (Fsp3) is 0.440. The van der Waals surface area contributed by atoms with Gasteiger partial charge in [0.15, 0.2) is 0 Å². The van der Waals surface area contributed by atoms with Gasteiger partial charge in [0, 0.05) is 30.2 Å². The lowest BCUT2D eigenvalue weighted by Gasteiger charge is -2.39. The van der Waals surface area contributed by atoms with Crippen molar-refractivity contribution in [2.45, 2.75) is 50.1 Å². The molecule has 1 aliphatic rings. The summed E-state index contributed by atoms with van der Waals surface area (Å²) in [6, 6.07) is 9.60. The minimum Gasteiger partial charge on any atom is -0.350 e. The quantitative estimate of drug-likeness (QED) is 0.457. The maximum absolute atomic E-state index is 12.9. The van der Waals surface area contributed by atoms with Gasteiger partial charge in [0.1, 0.15) is 0 Å². The number of halogens is 5. The van der Waals surface area contributed by atoms with E-state index < -0.39 is 23.6 Å². The van der Waals surface area contributed by atoms with Gasteiger partial charge in [0.25, 0.3) is 5.91 Å². The molecule has 0 saturated heterocycles. The molecular formula is C25H29Cl2F3N4O2. The lowest BCUT2D eigenvalue weighted by atomic mass is 9.85. The number of rotatable bonds is 8. The van der Waals surface area contributed by atoms with Gasteiger partial charge in [0.05, 0.1) is 22.2 Å². The van der Waals surface area contributed by atoms with E-state index in [4.69, 9.17) is 23.2 Å². The first-order valence-corrected chi connectivity index (χ1v) is 12.3. The second-order valence-corrected chi connectivity index (χ2v) is 9.92. The molecule has 0 spiro atoms. The van der Waals surface area contributed by atoms with Gasteiger partial charge >= 0.3 is 6.18 Å². The summed E-state index contributed by atoms with van der Waals surface area (Å²) in [5, 5.41) is 9.81. The summed E-state index contributed by atoms with van der Waals surface area (Å²) in [5.74, 6) is -1.16. The van der Waals surface area contributed by atoms with Crippen molar-refractivity contribution in [2.24, 2.45) is 0 Å². The molecule has 3 atom stereocenters. The fourth-order valence-electron chi connectivity index (χ4n) is 4.27. The summed E-state index contributed by atoms with van der Waals surface area (Å²) in [6.45, 7) is 0.183. The second-order valence-electron chi connectivity index (χ2n) is 9.10. The monoisotopic (exact) mass is 544 g/mol. The minimum atomic E-state index is -4.56. The molecule has 3 rings (SSSR count). The Kier molecular flexibility index (Phi) is 9.63. The second kappa shape index (κ2) is 12.3. The van der Waals surface area contributed by atoms with Crippen LogP contribution in [0.4, 0.5) is 13.2 Å². The summed E-state index contributed by atoms with van der Waals surface area (Å²) in [4.78, 5) is 27.1. The van der Waals surface area contributed by atoms with E-state index in [9.17, 15) is 22.8 Å². The maximum atomic E-state index is 12.9. The van der Waals surface area contributed by atoms with Gasteiger partial charge in [-0.05, 0) is 69.3 Å². The van der Waals surface area contributed by atoms with E-state index in [1.807, 2.05) is 20.2 Å². The van der Waals surface area contributed by atoms with Crippen LogP contribution in [0.2, 0.25) is 10.0 Å². The highest BCUT2D eigenvalue weighted by atomic mass is 35.5. The Hall–Kier alpha value is -2.33. The molecule has 0 radical (unpaired) electrons. The van der Waals surface area contributed by atoms with Crippen LogP contribution in [-0.2, 0) is 17.5 Å². The standard InChI is InChI=1S/C25H29Cl2F3N4O2/c1-34(2)18-7-9-21(22(12-18)31-13-15-6-8-19(26)20(27)10-15)33-23(35)14-32-24(36)16-4-3-5-17(11-16)25(28,29)30/h3-6,8,10-11,18,21-22,31H,7,9,12-14H2,1-2H3,(H,32,36)(H,33,35). The average molecular weight is 545 g/mol. The Labute approximate surface area is 218 Å².